The Morgan fingerprint density at radius 1 is 0.944 bits per heavy atom. The molecule has 1 unspecified atom stereocenters. The summed E-state index contributed by atoms with van der Waals surface area (Å²) in [5.74, 6) is 0. The Kier molecular flexibility index (Phi) is 3.38. The molecule has 1 N–H and O–H groups in total. The molecule has 0 bridgehead atoms. The van der Waals surface area contributed by atoms with E-state index in [-0.39, 0.29) is 5.41 Å². The summed E-state index contributed by atoms with van der Waals surface area (Å²) in [7, 11) is -3.19. The van der Waals surface area contributed by atoms with Crippen LogP contribution in [0.3, 0.4) is 0 Å². The highest BCUT2D eigenvalue weighted by molar-refractivity contribution is 7.86. The number of nitrogens with one attached hydrogen (secondary N) is 1. The quantitative estimate of drug-likeness (QED) is 0.792. The third kappa shape index (κ3) is 2.19. The molecule has 0 aromatic rings. The van der Waals surface area contributed by atoms with Gasteiger partial charge in [-0.15, -0.1) is 0 Å². The molecule has 104 valence electrons. The van der Waals surface area contributed by atoms with Crippen molar-refractivity contribution < 1.29 is 8.42 Å². The van der Waals surface area contributed by atoms with Crippen LogP contribution < -0.4 is 5.32 Å². The minimum Gasteiger partial charge on any atom is -0.316 e. The van der Waals surface area contributed by atoms with Gasteiger partial charge in [-0.25, -0.2) is 0 Å². The van der Waals surface area contributed by atoms with Crippen molar-refractivity contribution >= 4 is 10.2 Å². The molecule has 0 radical (unpaired) electrons. The first-order valence-corrected chi connectivity index (χ1v) is 8.48. The number of rotatable bonds is 2. The molecule has 1 atom stereocenters. The molecule has 0 aromatic heterocycles. The van der Waals surface area contributed by atoms with E-state index in [0.717, 1.165) is 45.3 Å². The standard InChI is InChI=1S/C12H23N3O2S/c16-18(17,14-7-2-1-3-8-14)15-9-5-12(11-15)4-6-13-10-12/h13H,1-11H2. The molecule has 0 aromatic carbocycles. The van der Waals surface area contributed by atoms with E-state index in [1.807, 2.05) is 0 Å². The molecule has 1 spiro atoms. The second-order valence-electron chi connectivity index (χ2n) is 5.98. The van der Waals surface area contributed by atoms with Crippen LogP contribution in [0.1, 0.15) is 32.1 Å². The average Bonchev–Trinajstić information content (AvgIpc) is 3.02. The van der Waals surface area contributed by atoms with Crippen molar-refractivity contribution in [1.29, 1.82) is 0 Å². The van der Waals surface area contributed by atoms with Crippen LogP contribution in [0.15, 0.2) is 0 Å². The van der Waals surface area contributed by atoms with Crippen LogP contribution in [0.5, 0.6) is 0 Å². The van der Waals surface area contributed by atoms with Gasteiger partial charge < -0.3 is 5.32 Å². The lowest BCUT2D eigenvalue weighted by Crippen LogP contribution is -2.45. The second kappa shape index (κ2) is 4.74. The molecule has 0 saturated carbocycles. The first kappa shape index (κ1) is 12.8. The van der Waals surface area contributed by atoms with Crippen LogP contribution in [-0.4, -0.2) is 56.3 Å². The summed E-state index contributed by atoms with van der Waals surface area (Å²) < 4.78 is 28.5. The Labute approximate surface area is 110 Å². The van der Waals surface area contributed by atoms with Gasteiger partial charge in [0.15, 0.2) is 0 Å². The predicted octanol–water partition coefficient (Wildman–Crippen LogP) is 0.403. The fourth-order valence-electron chi connectivity index (χ4n) is 3.49. The van der Waals surface area contributed by atoms with Gasteiger partial charge in [0.25, 0.3) is 10.2 Å². The van der Waals surface area contributed by atoms with E-state index in [1.165, 1.54) is 6.42 Å². The first-order valence-electron chi connectivity index (χ1n) is 7.08. The van der Waals surface area contributed by atoms with Gasteiger partial charge in [0, 0.05) is 32.7 Å². The summed E-state index contributed by atoms with van der Waals surface area (Å²) in [5, 5.41) is 3.37. The second-order valence-corrected chi connectivity index (χ2v) is 7.91. The van der Waals surface area contributed by atoms with Crippen molar-refractivity contribution in [3.63, 3.8) is 0 Å². The van der Waals surface area contributed by atoms with Crippen LogP contribution in [0.4, 0.5) is 0 Å². The molecule has 3 rings (SSSR count). The van der Waals surface area contributed by atoms with Crippen molar-refractivity contribution in [2.75, 3.05) is 39.3 Å². The van der Waals surface area contributed by atoms with Crippen molar-refractivity contribution in [2.24, 2.45) is 5.41 Å². The highest BCUT2D eigenvalue weighted by atomic mass is 32.2. The van der Waals surface area contributed by atoms with E-state index in [0.29, 0.717) is 19.6 Å². The Hall–Kier alpha value is -0.170. The van der Waals surface area contributed by atoms with Gasteiger partial charge in [0.2, 0.25) is 0 Å². The summed E-state index contributed by atoms with van der Waals surface area (Å²) in [6.45, 7) is 4.88. The average molecular weight is 273 g/mol. The van der Waals surface area contributed by atoms with E-state index in [9.17, 15) is 8.42 Å². The Balaban J connectivity index is 1.70. The number of hydrogen-bond acceptors (Lipinski definition) is 3. The minimum absolute atomic E-state index is 0.225. The van der Waals surface area contributed by atoms with Crippen molar-refractivity contribution in [2.45, 2.75) is 32.1 Å². The molecule has 18 heavy (non-hydrogen) atoms. The maximum atomic E-state index is 12.6. The SMILES string of the molecule is O=S(=O)(N1CCCCC1)N1CCC2(CCNC2)C1. The zero-order valence-electron chi connectivity index (χ0n) is 10.9. The largest absolute Gasteiger partial charge is 0.316 e. The Bertz CT molecular complexity index is 398. The van der Waals surface area contributed by atoms with Gasteiger partial charge in [0.1, 0.15) is 0 Å². The zero-order chi connectivity index (χ0) is 12.6. The molecule has 3 fully saturated rings. The highest BCUT2D eigenvalue weighted by Crippen LogP contribution is 2.37. The van der Waals surface area contributed by atoms with E-state index < -0.39 is 10.2 Å². The van der Waals surface area contributed by atoms with Crippen LogP contribution in [0, 0.1) is 5.41 Å². The van der Waals surface area contributed by atoms with Crippen molar-refractivity contribution in [1.82, 2.24) is 13.9 Å². The molecule has 3 aliphatic rings. The lowest BCUT2D eigenvalue weighted by atomic mass is 9.87. The van der Waals surface area contributed by atoms with Gasteiger partial charge in [0.05, 0.1) is 0 Å². The monoisotopic (exact) mass is 273 g/mol. The maximum Gasteiger partial charge on any atom is 0.281 e. The third-order valence-corrected chi connectivity index (χ3v) is 6.68. The number of hydrogen-bond donors (Lipinski definition) is 1. The number of nitrogens with zero attached hydrogens (tertiary/aromatic N) is 2. The summed E-state index contributed by atoms with van der Waals surface area (Å²) in [6, 6.07) is 0. The first-order chi connectivity index (χ1) is 8.62. The zero-order valence-corrected chi connectivity index (χ0v) is 11.7. The molecule has 6 heteroatoms. The Morgan fingerprint density at radius 3 is 2.39 bits per heavy atom. The molecule has 3 aliphatic heterocycles. The summed E-state index contributed by atoms with van der Waals surface area (Å²) >= 11 is 0. The van der Waals surface area contributed by atoms with Crippen LogP contribution in [0.25, 0.3) is 0 Å². The Morgan fingerprint density at radius 2 is 1.72 bits per heavy atom. The molecular weight excluding hydrogens is 250 g/mol. The molecule has 0 amide bonds. The lowest BCUT2D eigenvalue weighted by Gasteiger charge is -2.31. The predicted molar refractivity (Wildman–Crippen MR) is 70.5 cm³/mol. The van der Waals surface area contributed by atoms with Gasteiger partial charge in [-0.2, -0.15) is 17.0 Å². The number of piperidine rings is 1. The van der Waals surface area contributed by atoms with Crippen LogP contribution in [0.2, 0.25) is 0 Å². The van der Waals surface area contributed by atoms with Gasteiger partial charge in [-0.1, -0.05) is 6.42 Å². The maximum absolute atomic E-state index is 12.6. The fraction of sp³-hybridized carbons (Fsp3) is 1.00. The molecule has 3 saturated heterocycles. The van der Waals surface area contributed by atoms with Crippen molar-refractivity contribution in [3.8, 4) is 0 Å². The summed E-state index contributed by atoms with van der Waals surface area (Å²) in [4.78, 5) is 0. The van der Waals surface area contributed by atoms with E-state index in [2.05, 4.69) is 5.32 Å². The van der Waals surface area contributed by atoms with Crippen LogP contribution in [-0.2, 0) is 10.2 Å². The summed E-state index contributed by atoms with van der Waals surface area (Å²) in [6.07, 6.45) is 5.34. The van der Waals surface area contributed by atoms with Gasteiger partial charge in [-0.05, 0) is 37.6 Å². The summed E-state index contributed by atoms with van der Waals surface area (Å²) in [5.41, 5.74) is 0.225. The molecular formula is C12H23N3O2S. The van der Waals surface area contributed by atoms with E-state index in [1.54, 1.807) is 8.61 Å². The van der Waals surface area contributed by atoms with E-state index in [4.69, 9.17) is 0 Å². The minimum atomic E-state index is -3.19. The molecule has 5 nitrogen and oxygen atoms in total. The van der Waals surface area contributed by atoms with Crippen molar-refractivity contribution in [3.05, 3.63) is 0 Å². The topological polar surface area (TPSA) is 52.7 Å². The molecule has 3 heterocycles. The lowest BCUT2D eigenvalue weighted by molar-refractivity contribution is 0.297. The third-order valence-electron chi connectivity index (χ3n) is 4.70. The van der Waals surface area contributed by atoms with Crippen LogP contribution >= 0.6 is 0 Å². The van der Waals surface area contributed by atoms with Gasteiger partial charge in [-0.3, -0.25) is 0 Å². The highest BCUT2D eigenvalue weighted by Gasteiger charge is 2.45. The fourth-order valence-corrected chi connectivity index (χ4v) is 5.30. The normalized spacial score (nSPS) is 35.6. The van der Waals surface area contributed by atoms with Gasteiger partial charge >= 0.3 is 0 Å². The smallest absolute Gasteiger partial charge is 0.281 e. The van der Waals surface area contributed by atoms with E-state index >= 15 is 0 Å². The molecule has 0 aliphatic carbocycles.